The highest BCUT2D eigenvalue weighted by Gasteiger charge is 2.26. The molecule has 1 fully saturated rings. The lowest BCUT2D eigenvalue weighted by molar-refractivity contribution is -0.143. The Morgan fingerprint density at radius 3 is 2.47 bits per heavy atom. The third-order valence-electron chi connectivity index (χ3n) is 4.05. The van der Waals surface area contributed by atoms with Crippen LogP contribution in [0.3, 0.4) is 0 Å². The van der Waals surface area contributed by atoms with Crippen molar-refractivity contribution in [1.29, 1.82) is 0 Å². The maximum absolute atomic E-state index is 11.8. The number of carboxylic acids is 1. The Morgan fingerprint density at radius 1 is 1.32 bits per heavy atom. The lowest BCUT2D eigenvalue weighted by Gasteiger charge is -2.26. The lowest BCUT2D eigenvalue weighted by atomic mass is 9.82. The van der Waals surface area contributed by atoms with Crippen LogP contribution >= 0.6 is 0 Å². The highest BCUT2D eigenvalue weighted by molar-refractivity contribution is 5.78. The van der Waals surface area contributed by atoms with E-state index in [2.05, 4.69) is 5.32 Å². The molecule has 5 heteroatoms. The molecule has 0 spiro atoms. The first-order chi connectivity index (χ1) is 9.04. The second kappa shape index (κ2) is 8.15. The number of hydrogen-bond acceptors (Lipinski definition) is 3. The van der Waals surface area contributed by atoms with E-state index in [1.54, 1.807) is 0 Å². The molecule has 1 aliphatic rings. The van der Waals surface area contributed by atoms with Crippen molar-refractivity contribution >= 4 is 11.9 Å². The lowest BCUT2D eigenvalue weighted by Crippen LogP contribution is -2.35. The van der Waals surface area contributed by atoms with E-state index in [1.807, 2.05) is 6.92 Å². The molecule has 0 heterocycles. The molecule has 0 bridgehead atoms. The van der Waals surface area contributed by atoms with Crippen LogP contribution in [0.5, 0.6) is 0 Å². The average molecular weight is 270 g/mol. The third kappa shape index (κ3) is 5.59. The Hall–Kier alpha value is -1.10. The summed E-state index contributed by atoms with van der Waals surface area (Å²) in [6.07, 6.45) is 4.96. The highest BCUT2D eigenvalue weighted by Crippen LogP contribution is 2.28. The highest BCUT2D eigenvalue weighted by atomic mass is 16.4. The number of carboxylic acid groups (broad SMARTS) is 1. The number of hydrogen-bond donors (Lipinski definition) is 3. The zero-order chi connectivity index (χ0) is 14.3. The molecule has 4 N–H and O–H groups in total. The largest absolute Gasteiger partial charge is 0.481 e. The van der Waals surface area contributed by atoms with Gasteiger partial charge >= 0.3 is 5.97 Å². The Kier molecular flexibility index (Phi) is 6.84. The smallest absolute Gasteiger partial charge is 0.306 e. The first-order valence-corrected chi connectivity index (χ1v) is 7.25. The van der Waals surface area contributed by atoms with E-state index in [-0.39, 0.29) is 17.7 Å². The first-order valence-electron chi connectivity index (χ1n) is 7.25. The molecule has 5 nitrogen and oxygen atoms in total. The maximum atomic E-state index is 11.8. The molecule has 0 saturated heterocycles. The molecule has 0 aliphatic heterocycles. The van der Waals surface area contributed by atoms with Gasteiger partial charge in [0.15, 0.2) is 0 Å². The van der Waals surface area contributed by atoms with E-state index in [1.165, 1.54) is 0 Å². The normalized spacial score (nSPS) is 24.7. The molecule has 1 aliphatic carbocycles. The van der Waals surface area contributed by atoms with Crippen LogP contribution in [0.4, 0.5) is 0 Å². The van der Waals surface area contributed by atoms with E-state index in [4.69, 9.17) is 10.8 Å². The number of rotatable bonds is 7. The summed E-state index contributed by atoms with van der Waals surface area (Å²) >= 11 is 0. The van der Waals surface area contributed by atoms with Gasteiger partial charge in [-0.2, -0.15) is 0 Å². The molecular formula is C14H26N2O3. The van der Waals surface area contributed by atoms with Crippen molar-refractivity contribution in [2.75, 3.05) is 13.1 Å². The number of carbonyl (C=O) groups excluding carboxylic acids is 1. The molecule has 1 amide bonds. The topological polar surface area (TPSA) is 92.4 Å². The summed E-state index contributed by atoms with van der Waals surface area (Å²) in [5.74, 6) is -0.331. The fourth-order valence-electron chi connectivity index (χ4n) is 2.59. The van der Waals surface area contributed by atoms with Crippen molar-refractivity contribution in [3.63, 3.8) is 0 Å². The van der Waals surface area contributed by atoms with Crippen LogP contribution in [0.25, 0.3) is 0 Å². The summed E-state index contributed by atoms with van der Waals surface area (Å²) in [4.78, 5) is 22.7. The standard InChI is InChI=1S/C14H26N2O3/c1-10(3-2-8-15)13(17)16-9-11-4-6-12(7-5-11)14(18)19/h10-12H,2-9,15H2,1H3,(H,16,17)(H,18,19). The molecule has 0 radical (unpaired) electrons. The Balaban J connectivity index is 2.19. The second-order valence-corrected chi connectivity index (χ2v) is 5.63. The number of carbonyl (C=O) groups is 2. The monoisotopic (exact) mass is 270 g/mol. The van der Waals surface area contributed by atoms with Crippen LogP contribution in [0.1, 0.15) is 45.4 Å². The van der Waals surface area contributed by atoms with Crippen molar-refractivity contribution < 1.29 is 14.7 Å². The van der Waals surface area contributed by atoms with Gasteiger partial charge in [0, 0.05) is 12.5 Å². The zero-order valence-electron chi connectivity index (χ0n) is 11.7. The van der Waals surface area contributed by atoms with Gasteiger partial charge in [-0.05, 0) is 51.0 Å². The predicted molar refractivity (Wildman–Crippen MR) is 73.5 cm³/mol. The SMILES string of the molecule is CC(CCCN)C(=O)NCC1CCC(C(=O)O)CC1. The van der Waals surface area contributed by atoms with Crippen molar-refractivity contribution in [1.82, 2.24) is 5.32 Å². The fourth-order valence-corrected chi connectivity index (χ4v) is 2.59. The quantitative estimate of drug-likeness (QED) is 0.651. The van der Waals surface area contributed by atoms with Crippen LogP contribution in [-0.2, 0) is 9.59 Å². The summed E-state index contributed by atoms with van der Waals surface area (Å²) in [7, 11) is 0. The minimum absolute atomic E-state index is 0.0129. The van der Waals surface area contributed by atoms with E-state index >= 15 is 0 Å². The molecular weight excluding hydrogens is 244 g/mol. The molecule has 1 rings (SSSR count). The Bertz CT molecular complexity index is 299. The van der Waals surface area contributed by atoms with Gasteiger partial charge in [-0.15, -0.1) is 0 Å². The van der Waals surface area contributed by atoms with E-state index < -0.39 is 5.97 Å². The predicted octanol–water partition coefficient (Wildman–Crippen LogP) is 1.37. The van der Waals surface area contributed by atoms with E-state index in [9.17, 15) is 9.59 Å². The molecule has 0 aromatic carbocycles. The van der Waals surface area contributed by atoms with Crippen LogP contribution in [0, 0.1) is 17.8 Å². The van der Waals surface area contributed by atoms with Gasteiger partial charge < -0.3 is 16.2 Å². The molecule has 110 valence electrons. The van der Waals surface area contributed by atoms with Crippen LogP contribution in [-0.4, -0.2) is 30.1 Å². The molecule has 1 saturated carbocycles. The van der Waals surface area contributed by atoms with Gasteiger partial charge in [0.1, 0.15) is 0 Å². The van der Waals surface area contributed by atoms with Gasteiger partial charge in [0.2, 0.25) is 5.91 Å². The first kappa shape index (κ1) is 16.0. The van der Waals surface area contributed by atoms with Crippen LogP contribution in [0.2, 0.25) is 0 Å². The van der Waals surface area contributed by atoms with Gasteiger partial charge in [-0.25, -0.2) is 0 Å². The van der Waals surface area contributed by atoms with Gasteiger partial charge in [0.25, 0.3) is 0 Å². The molecule has 1 atom stereocenters. The van der Waals surface area contributed by atoms with Crippen LogP contribution in [0.15, 0.2) is 0 Å². The summed E-state index contributed by atoms with van der Waals surface area (Å²) < 4.78 is 0. The van der Waals surface area contributed by atoms with Gasteiger partial charge in [-0.3, -0.25) is 9.59 Å². The Labute approximate surface area is 114 Å². The number of nitrogens with two attached hydrogens (primary N) is 1. The fraction of sp³-hybridized carbons (Fsp3) is 0.857. The van der Waals surface area contributed by atoms with Crippen molar-refractivity contribution in [2.45, 2.75) is 45.4 Å². The summed E-state index contributed by atoms with van der Waals surface area (Å²) in [6, 6.07) is 0. The second-order valence-electron chi connectivity index (χ2n) is 5.63. The summed E-state index contributed by atoms with van der Waals surface area (Å²) in [5.41, 5.74) is 5.43. The third-order valence-corrected chi connectivity index (χ3v) is 4.05. The van der Waals surface area contributed by atoms with Crippen molar-refractivity contribution in [2.24, 2.45) is 23.5 Å². The minimum atomic E-state index is -0.683. The molecule has 19 heavy (non-hydrogen) atoms. The number of aliphatic carboxylic acids is 1. The molecule has 1 unspecified atom stereocenters. The van der Waals surface area contributed by atoms with Crippen molar-refractivity contribution in [3.8, 4) is 0 Å². The van der Waals surface area contributed by atoms with Gasteiger partial charge in [0.05, 0.1) is 5.92 Å². The molecule has 0 aromatic rings. The Morgan fingerprint density at radius 2 is 1.95 bits per heavy atom. The average Bonchev–Trinajstić information content (AvgIpc) is 2.42. The van der Waals surface area contributed by atoms with Gasteiger partial charge in [-0.1, -0.05) is 6.92 Å². The van der Waals surface area contributed by atoms with E-state index in [0.29, 0.717) is 19.0 Å². The minimum Gasteiger partial charge on any atom is -0.481 e. The molecule has 0 aromatic heterocycles. The number of amides is 1. The number of nitrogens with one attached hydrogen (secondary N) is 1. The zero-order valence-corrected chi connectivity index (χ0v) is 11.7. The van der Waals surface area contributed by atoms with Crippen molar-refractivity contribution in [3.05, 3.63) is 0 Å². The maximum Gasteiger partial charge on any atom is 0.306 e. The summed E-state index contributed by atoms with van der Waals surface area (Å²) in [6.45, 7) is 3.22. The van der Waals surface area contributed by atoms with E-state index in [0.717, 1.165) is 38.5 Å². The van der Waals surface area contributed by atoms with Crippen LogP contribution < -0.4 is 11.1 Å². The summed E-state index contributed by atoms with van der Waals surface area (Å²) in [5, 5.41) is 11.9.